The lowest BCUT2D eigenvalue weighted by molar-refractivity contribution is 0.202. The fourth-order valence-corrected chi connectivity index (χ4v) is 3.62. The number of rotatable bonds is 3. The summed E-state index contributed by atoms with van der Waals surface area (Å²) in [6.45, 7) is 3.13. The van der Waals surface area contributed by atoms with Crippen LogP contribution < -0.4 is 10.2 Å². The summed E-state index contributed by atoms with van der Waals surface area (Å²) in [7, 11) is 1.95. The zero-order valence-corrected chi connectivity index (χ0v) is 11.8. The Morgan fingerprint density at radius 1 is 1.21 bits per heavy atom. The van der Waals surface area contributed by atoms with E-state index in [1.807, 2.05) is 19.4 Å². The number of hydrogen-bond acceptors (Lipinski definition) is 4. The van der Waals surface area contributed by atoms with Crippen molar-refractivity contribution in [3.63, 3.8) is 0 Å². The summed E-state index contributed by atoms with van der Waals surface area (Å²) in [6.07, 6.45) is 10.8. The molecule has 19 heavy (non-hydrogen) atoms. The summed E-state index contributed by atoms with van der Waals surface area (Å²) in [4.78, 5) is 11.5. The molecule has 104 valence electrons. The Morgan fingerprint density at radius 3 is 2.89 bits per heavy atom. The summed E-state index contributed by atoms with van der Waals surface area (Å²) in [6, 6.07) is 0. The molecule has 1 aromatic rings. The molecule has 2 fully saturated rings. The number of fused-ring (bicyclic) bond motifs is 1. The summed E-state index contributed by atoms with van der Waals surface area (Å²) < 4.78 is 0. The fraction of sp³-hybridized carbons (Fsp3) is 0.733. The van der Waals surface area contributed by atoms with E-state index in [9.17, 15) is 0 Å². The topological polar surface area (TPSA) is 41.1 Å². The smallest absolute Gasteiger partial charge is 0.147 e. The molecule has 3 rings (SSSR count). The third-order valence-corrected chi connectivity index (χ3v) is 4.64. The van der Waals surface area contributed by atoms with Crippen LogP contribution in [0.4, 0.5) is 5.82 Å². The Kier molecular flexibility index (Phi) is 3.97. The van der Waals surface area contributed by atoms with Crippen LogP contribution in [-0.2, 0) is 6.54 Å². The van der Waals surface area contributed by atoms with E-state index in [1.165, 1.54) is 38.6 Å². The number of hydrogen-bond donors (Lipinski definition) is 1. The first-order valence-electron chi connectivity index (χ1n) is 7.57. The molecule has 1 saturated heterocycles. The summed E-state index contributed by atoms with van der Waals surface area (Å²) >= 11 is 0. The van der Waals surface area contributed by atoms with Gasteiger partial charge in [0.25, 0.3) is 0 Å². The van der Waals surface area contributed by atoms with Crippen molar-refractivity contribution in [2.75, 3.05) is 25.0 Å². The Morgan fingerprint density at radius 2 is 2.05 bits per heavy atom. The molecule has 2 atom stereocenters. The summed E-state index contributed by atoms with van der Waals surface area (Å²) in [5, 5.41) is 3.14. The third kappa shape index (κ3) is 2.89. The van der Waals surface area contributed by atoms with Crippen LogP contribution in [0.1, 0.15) is 37.8 Å². The van der Waals surface area contributed by atoms with E-state index in [2.05, 4.69) is 15.2 Å². The van der Waals surface area contributed by atoms with Gasteiger partial charge in [-0.2, -0.15) is 0 Å². The molecule has 0 amide bonds. The quantitative estimate of drug-likeness (QED) is 0.904. The van der Waals surface area contributed by atoms with E-state index >= 15 is 0 Å². The van der Waals surface area contributed by atoms with Gasteiger partial charge in [0.1, 0.15) is 5.82 Å². The molecule has 1 saturated carbocycles. The second-order valence-corrected chi connectivity index (χ2v) is 5.94. The zero-order chi connectivity index (χ0) is 13.1. The first-order chi connectivity index (χ1) is 9.36. The van der Waals surface area contributed by atoms with Crippen LogP contribution >= 0.6 is 0 Å². The van der Waals surface area contributed by atoms with Crippen molar-refractivity contribution in [3.05, 3.63) is 18.1 Å². The van der Waals surface area contributed by atoms with Crippen molar-refractivity contribution in [2.45, 2.75) is 38.6 Å². The second kappa shape index (κ2) is 5.87. The van der Waals surface area contributed by atoms with Gasteiger partial charge >= 0.3 is 0 Å². The number of anilines is 1. The highest BCUT2D eigenvalue weighted by atomic mass is 15.2. The number of nitrogens with one attached hydrogen (secondary N) is 1. The minimum absolute atomic E-state index is 0.792. The van der Waals surface area contributed by atoms with Crippen molar-refractivity contribution < 1.29 is 0 Å². The highest BCUT2D eigenvalue weighted by Gasteiger charge is 2.31. The van der Waals surface area contributed by atoms with E-state index in [-0.39, 0.29) is 0 Å². The SMILES string of the molecule is CNCc1cncc(N2CCC3CCCCC3C2)n1. The lowest BCUT2D eigenvalue weighted by atomic mass is 9.75. The first-order valence-corrected chi connectivity index (χ1v) is 7.57. The molecular weight excluding hydrogens is 236 g/mol. The van der Waals surface area contributed by atoms with Crippen molar-refractivity contribution >= 4 is 5.82 Å². The second-order valence-electron chi connectivity index (χ2n) is 5.94. The van der Waals surface area contributed by atoms with Gasteiger partial charge in [0.2, 0.25) is 0 Å². The number of nitrogens with zero attached hydrogens (tertiary/aromatic N) is 3. The minimum atomic E-state index is 0.792. The van der Waals surface area contributed by atoms with Gasteiger partial charge in [-0.05, 0) is 31.7 Å². The van der Waals surface area contributed by atoms with Gasteiger partial charge < -0.3 is 10.2 Å². The predicted molar refractivity (Wildman–Crippen MR) is 77.1 cm³/mol. The molecule has 1 N–H and O–H groups in total. The molecule has 4 nitrogen and oxygen atoms in total. The van der Waals surface area contributed by atoms with E-state index in [0.29, 0.717) is 0 Å². The lowest BCUT2D eigenvalue weighted by Crippen LogP contribution is -2.42. The molecule has 0 aromatic carbocycles. The van der Waals surface area contributed by atoms with Gasteiger partial charge in [-0.3, -0.25) is 4.98 Å². The van der Waals surface area contributed by atoms with Crippen molar-refractivity contribution in [1.82, 2.24) is 15.3 Å². The van der Waals surface area contributed by atoms with Crippen molar-refractivity contribution in [2.24, 2.45) is 11.8 Å². The molecule has 2 heterocycles. The zero-order valence-electron chi connectivity index (χ0n) is 11.8. The molecule has 0 radical (unpaired) electrons. The van der Waals surface area contributed by atoms with Gasteiger partial charge in [0, 0.05) is 25.8 Å². The monoisotopic (exact) mass is 260 g/mol. The molecule has 0 bridgehead atoms. The Bertz CT molecular complexity index is 420. The van der Waals surface area contributed by atoms with Crippen LogP contribution in [0.25, 0.3) is 0 Å². The maximum Gasteiger partial charge on any atom is 0.147 e. The van der Waals surface area contributed by atoms with Crippen LogP contribution in [0, 0.1) is 11.8 Å². The first kappa shape index (κ1) is 12.9. The van der Waals surface area contributed by atoms with Gasteiger partial charge in [0.05, 0.1) is 11.9 Å². The molecule has 1 aliphatic heterocycles. The van der Waals surface area contributed by atoms with Gasteiger partial charge in [-0.1, -0.05) is 19.3 Å². The normalized spacial score (nSPS) is 27.1. The minimum Gasteiger partial charge on any atom is -0.355 e. The molecule has 1 aromatic heterocycles. The van der Waals surface area contributed by atoms with Gasteiger partial charge in [-0.15, -0.1) is 0 Å². The molecule has 0 spiro atoms. The molecule has 2 unspecified atom stereocenters. The van der Waals surface area contributed by atoms with Crippen LogP contribution in [-0.4, -0.2) is 30.1 Å². The average molecular weight is 260 g/mol. The van der Waals surface area contributed by atoms with Gasteiger partial charge in [0.15, 0.2) is 0 Å². The predicted octanol–water partition coefficient (Wildman–Crippen LogP) is 2.21. The van der Waals surface area contributed by atoms with E-state index < -0.39 is 0 Å². The molecule has 2 aliphatic rings. The number of piperidine rings is 1. The molecule has 1 aliphatic carbocycles. The van der Waals surface area contributed by atoms with E-state index in [1.54, 1.807) is 0 Å². The Balaban J connectivity index is 1.70. The van der Waals surface area contributed by atoms with Crippen LogP contribution in [0.15, 0.2) is 12.4 Å². The van der Waals surface area contributed by atoms with Crippen molar-refractivity contribution in [3.8, 4) is 0 Å². The standard InChI is InChI=1S/C15H24N4/c1-16-8-14-9-17-10-15(18-14)19-7-6-12-4-2-3-5-13(12)11-19/h9-10,12-13,16H,2-8,11H2,1H3. The summed E-state index contributed by atoms with van der Waals surface area (Å²) in [5.74, 6) is 2.92. The van der Waals surface area contributed by atoms with Crippen LogP contribution in [0.5, 0.6) is 0 Å². The largest absolute Gasteiger partial charge is 0.355 e. The average Bonchev–Trinajstić information content (AvgIpc) is 2.47. The third-order valence-electron chi connectivity index (χ3n) is 4.64. The van der Waals surface area contributed by atoms with E-state index in [4.69, 9.17) is 4.98 Å². The highest BCUT2D eigenvalue weighted by molar-refractivity contribution is 5.37. The van der Waals surface area contributed by atoms with E-state index in [0.717, 1.165) is 36.4 Å². The fourth-order valence-electron chi connectivity index (χ4n) is 3.62. The maximum absolute atomic E-state index is 4.72. The van der Waals surface area contributed by atoms with Gasteiger partial charge in [-0.25, -0.2) is 4.98 Å². The lowest BCUT2D eigenvalue weighted by Gasteiger charge is -2.41. The maximum atomic E-state index is 4.72. The highest BCUT2D eigenvalue weighted by Crippen LogP contribution is 2.36. The van der Waals surface area contributed by atoms with Crippen molar-refractivity contribution in [1.29, 1.82) is 0 Å². The molecule has 4 heteroatoms. The van der Waals surface area contributed by atoms with Crippen LogP contribution in [0.2, 0.25) is 0 Å². The van der Waals surface area contributed by atoms with Crippen LogP contribution in [0.3, 0.4) is 0 Å². The molecular formula is C15H24N4. The number of aromatic nitrogens is 2. The Labute approximate surface area is 115 Å². The summed E-state index contributed by atoms with van der Waals surface area (Å²) in [5.41, 5.74) is 1.03. The Hall–Kier alpha value is -1.16.